The van der Waals surface area contributed by atoms with E-state index in [0.717, 1.165) is 21.5 Å². The molecule has 146 valence electrons. The fourth-order valence-electron chi connectivity index (χ4n) is 3.84. The maximum Gasteiger partial charge on any atom is 0.275 e. The van der Waals surface area contributed by atoms with E-state index in [1.165, 1.54) is 11.5 Å². The van der Waals surface area contributed by atoms with E-state index in [9.17, 15) is 9.59 Å². The third-order valence-corrected chi connectivity index (χ3v) is 6.24. The van der Waals surface area contributed by atoms with E-state index in [2.05, 4.69) is 9.36 Å². The number of amides is 1. The minimum Gasteiger partial charge on any atom is -0.327 e. The Hall–Kier alpha value is -3.26. The van der Waals surface area contributed by atoms with Crippen molar-refractivity contribution in [3.8, 4) is 5.69 Å². The molecule has 0 saturated carbocycles. The Kier molecular flexibility index (Phi) is 4.09. The van der Waals surface area contributed by atoms with E-state index in [-0.39, 0.29) is 17.5 Å². The van der Waals surface area contributed by atoms with Crippen molar-refractivity contribution in [3.05, 3.63) is 76.4 Å². The summed E-state index contributed by atoms with van der Waals surface area (Å²) >= 11 is 1.44. The van der Waals surface area contributed by atoms with Gasteiger partial charge >= 0.3 is 0 Å². The van der Waals surface area contributed by atoms with Crippen molar-refractivity contribution in [1.29, 1.82) is 0 Å². The van der Waals surface area contributed by atoms with Gasteiger partial charge in [-0.15, -0.1) is 0 Å². The first-order chi connectivity index (χ1) is 14.0. The fourth-order valence-corrected chi connectivity index (χ4v) is 4.62. The number of aromatic nitrogens is 4. The van der Waals surface area contributed by atoms with Gasteiger partial charge in [-0.25, -0.2) is 4.98 Å². The lowest BCUT2D eigenvalue weighted by atomic mass is 10.1. The largest absolute Gasteiger partial charge is 0.327 e. The molecular formula is C21H19N5O2S. The number of benzene rings is 1. The molecule has 0 N–H and O–H groups in total. The summed E-state index contributed by atoms with van der Waals surface area (Å²) in [6.45, 7) is 4.72. The zero-order valence-electron chi connectivity index (χ0n) is 16.1. The first kappa shape index (κ1) is 17.8. The third kappa shape index (κ3) is 2.87. The van der Waals surface area contributed by atoms with Crippen LogP contribution in [0.1, 0.15) is 28.8 Å². The van der Waals surface area contributed by atoms with Crippen molar-refractivity contribution >= 4 is 27.5 Å². The summed E-state index contributed by atoms with van der Waals surface area (Å²) in [5.74, 6) is -0.147. The molecule has 4 heterocycles. The number of carbonyl (C=O) groups excluding carboxylic acids is 1. The van der Waals surface area contributed by atoms with Crippen molar-refractivity contribution in [2.75, 3.05) is 0 Å². The summed E-state index contributed by atoms with van der Waals surface area (Å²) < 4.78 is 8.94. The Balaban J connectivity index is 1.51. The van der Waals surface area contributed by atoms with Crippen molar-refractivity contribution in [2.24, 2.45) is 0 Å². The highest BCUT2D eigenvalue weighted by Gasteiger charge is 2.32. The molecule has 1 aliphatic rings. The van der Waals surface area contributed by atoms with Crippen LogP contribution in [0.5, 0.6) is 0 Å². The van der Waals surface area contributed by atoms with Gasteiger partial charge in [0.2, 0.25) is 0 Å². The molecule has 0 fully saturated rings. The quantitative estimate of drug-likeness (QED) is 0.525. The summed E-state index contributed by atoms with van der Waals surface area (Å²) in [5.41, 5.74) is 2.45. The molecule has 1 unspecified atom stereocenters. The number of pyridine rings is 1. The average Bonchev–Trinajstić information content (AvgIpc) is 3.32. The number of rotatable bonds is 3. The second kappa shape index (κ2) is 6.66. The zero-order valence-corrected chi connectivity index (χ0v) is 16.9. The maximum atomic E-state index is 13.2. The van der Waals surface area contributed by atoms with E-state index in [0.29, 0.717) is 24.5 Å². The highest BCUT2D eigenvalue weighted by molar-refractivity contribution is 7.13. The Morgan fingerprint density at radius 2 is 2.00 bits per heavy atom. The van der Waals surface area contributed by atoms with Crippen LogP contribution in [0.15, 0.2) is 53.7 Å². The normalized spacial score (nSPS) is 16.4. The van der Waals surface area contributed by atoms with Crippen LogP contribution in [-0.4, -0.2) is 35.3 Å². The second-order valence-electron chi connectivity index (χ2n) is 7.35. The van der Waals surface area contributed by atoms with Gasteiger partial charge in [0.1, 0.15) is 11.4 Å². The van der Waals surface area contributed by atoms with Gasteiger partial charge in [0.05, 0.1) is 29.0 Å². The van der Waals surface area contributed by atoms with Crippen LogP contribution in [-0.2, 0) is 13.1 Å². The molecule has 4 aromatic rings. The van der Waals surface area contributed by atoms with E-state index in [1.54, 1.807) is 38.7 Å². The zero-order chi connectivity index (χ0) is 20.1. The number of hydrogen-bond donors (Lipinski definition) is 0. The highest BCUT2D eigenvalue weighted by Crippen LogP contribution is 2.26. The number of fused-ring (bicyclic) bond motifs is 2. The fraction of sp³-hybridized carbons (Fsp3) is 0.238. The SMILES string of the molecule is Cc1cn(-c2ccc3n(c2=O)CC(C)N(Cc2nsc4ccccc24)C3=O)cn1. The van der Waals surface area contributed by atoms with Crippen LogP contribution in [0.3, 0.4) is 0 Å². The summed E-state index contributed by atoms with van der Waals surface area (Å²) in [6, 6.07) is 11.3. The van der Waals surface area contributed by atoms with Crippen LogP contribution in [0.25, 0.3) is 15.8 Å². The van der Waals surface area contributed by atoms with Crippen LogP contribution in [0.4, 0.5) is 0 Å². The first-order valence-corrected chi connectivity index (χ1v) is 10.2. The molecule has 3 aromatic heterocycles. The predicted octanol–water partition coefficient (Wildman–Crippen LogP) is 3.00. The third-order valence-electron chi connectivity index (χ3n) is 5.38. The van der Waals surface area contributed by atoms with Gasteiger partial charge in [0, 0.05) is 24.2 Å². The first-order valence-electron chi connectivity index (χ1n) is 9.42. The van der Waals surface area contributed by atoms with E-state index < -0.39 is 0 Å². The van der Waals surface area contributed by atoms with Gasteiger partial charge in [0.25, 0.3) is 11.5 Å². The minimum atomic E-state index is -0.182. The Bertz CT molecular complexity index is 1300. The summed E-state index contributed by atoms with van der Waals surface area (Å²) in [4.78, 5) is 32.3. The summed E-state index contributed by atoms with van der Waals surface area (Å²) in [6.07, 6.45) is 3.42. The van der Waals surface area contributed by atoms with E-state index in [4.69, 9.17) is 0 Å². The lowest BCUT2D eigenvalue weighted by Gasteiger charge is -2.35. The van der Waals surface area contributed by atoms with Crippen LogP contribution in [0, 0.1) is 6.92 Å². The molecule has 1 amide bonds. The van der Waals surface area contributed by atoms with Crippen molar-refractivity contribution in [3.63, 3.8) is 0 Å². The minimum absolute atomic E-state index is 0.118. The lowest BCUT2D eigenvalue weighted by Crippen LogP contribution is -2.49. The van der Waals surface area contributed by atoms with Gasteiger partial charge < -0.3 is 14.0 Å². The molecule has 0 spiro atoms. The molecule has 29 heavy (non-hydrogen) atoms. The molecule has 0 bridgehead atoms. The molecule has 1 atom stereocenters. The number of hydrogen-bond acceptors (Lipinski definition) is 5. The van der Waals surface area contributed by atoms with Crippen LogP contribution < -0.4 is 5.56 Å². The molecule has 0 saturated heterocycles. The van der Waals surface area contributed by atoms with E-state index >= 15 is 0 Å². The number of imidazole rings is 1. The van der Waals surface area contributed by atoms with Crippen LogP contribution >= 0.6 is 11.5 Å². The van der Waals surface area contributed by atoms with Gasteiger partial charge in [0.15, 0.2) is 0 Å². The molecule has 0 radical (unpaired) electrons. The molecule has 7 nitrogen and oxygen atoms in total. The maximum absolute atomic E-state index is 13.2. The van der Waals surface area contributed by atoms with E-state index in [1.807, 2.05) is 38.1 Å². The topological polar surface area (TPSA) is 73.0 Å². The number of aryl methyl sites for hydroxylation is 1. The van der Waals surface area contributed by atoms with Gasteiger partial charge in [-0.05, 0) is 43.6 Å². The van der Waals surface area contributed by atoms with Crippen molar-refractivity contribution in [1.82, 2.24) is 23.4 Å². The second-order valence-corrected chi connectivity index (χ2v) is 8.15. The van der Waals surface area contributed by atoms with Crippen molar-refractivity contribution < 1.29 is 4.79 Å². The Labute approximate surface area is 171 Å². The molecule has 5 rings (SSSR count). The Morgan fingerprint density at radius 1 is 1.17 bits per heavy atom. The molecular weight excluding hydrogens is 386 g/mol. The van der Waals surface area contributed by atoms with Gasteiger partial charge in [-0.1, -0.05) is 18.2 Å². The van der Waals surface area contributed by atoms with Gasteiger partial charge in [-0.2, -0.15) is 4.37 Å². The molecule has 1 aliphatic heterocycles. The average molecular weight is 405 g/mol. The standard InChI is InChI=1S/C21H19N5O2S/c1-13-9-24(12-22-13)17-7-8-18-21(28)25(14(2)10-26(18)20(17)27)11-16-15-5-3-4-6-19(15)29-23-16/h3-9,12,14H,10-11H2,1-2H3. The monoisotopic (exact) mass is 405 g/mol. The molecule has 8 heteroatoms. The van der Waals surface area contributed by atoms with Crippen LogP contribution in [0.2, 0.25) is 0 Å². The smallest absolute Gasteiger partial charge is 0.275 e. The van der Waals surface area contributed by atoms with Gasteiger partial charge in [-0.3, -0.25) is 9.59 Å². The van der Waals surface area contributed by atoms with Crippen molar-refractivity contribution in [2.45, 2.75) is 33.0 Å². The lowest BCUT2D eigenvalue weighted by molar-refractivity contribution is 0.0588. The Morgan fingerprint density at radius 3 is 2.79 bits per heavy atom. The summed E-state index contributed by atoms with van der Waals surface area (Å²) in [7, 11) is 0. The molecule has 1 aromatic carbocycles. The number of nitrogens with zero attached hydrogens (tertiary/aromatic N) is 5. The molecule has 0 aliphatic carbocycles. The predicted molar refractivity (Wildman–Crippen MR) is 112 cm³/mol. The summed E-state index contributed by atoms with van der Waals surface area (Å²) in [5, 5.41) is 1.08. The number of carbonyl (C=O) groups is 1. The highest BCUT2D eigenvalue weighted by atomic mass is 32.1.